The van der Waals surface area contributed by atoms with Crippen LogP contribution in [0.15, 0.2) is 59.8 Å². The summed E-state index contributed by atoms with van der Waals surface area (Å²) in [6.07, 6.45) is 1.43. The summed E-state index contributed by atoms with van der Waals surface area (Å²) in [6.45, 7) is 0.490. The van der Waals surface area contributed by atoms with Gasteiger partial charge in [0.2, 0.25) is 0 Å². The van der Waals surface area contributed by atoms with Crippen LogP contribution in [0.2, 0.25) is 0 Å². The van der Waals surface area contributed by atoms with Crippen molar-refractivity contribution < 1.29 is 19.5 Å². The smallest absolute Gasteiger partial charge is 0.306 e. The summed E-state index contributed by atoms with van der Waals surface area (Å²) < 4.78 is 10.4. The average molecular weight is 313 g/mol. The van der Waals surface area contributed by atoms with E-state index in [4.69, 9.17) is 9.94 Å². The van der Waals surface area contributed by atoms with Crippen molar-refractivity contribution in [2.45, 2.75) is 18.9 Å². The molecule has 0 unspecified atom stereocenters. The van der Waals surface area contributed by atoms with E-state index in [1.165, 1.54) is 13.3 Å². The number of esters is 1. The Balaban J connectivity index is 2.00. The molecule has 5 heteroatoms. The summed E-state index contributed by atoms with van der Waals surface area (Å²) in [5, 5.41) is 11.8. The summed E-state index contributed by atoms with van der Waals surface area (Å²) in [5.41, 5.74) is 1.94. The molecule has 2 aromatic carbocycles. The highest BCUT2D eigenvalue weighted by Gasteiger charge is 2.15. The second-order valence-corrected chi connectivity index (χ2v) is 4.99. The number of hydrogen-bond donors (Lipinski definition) is 1. The minimum atomic E-state index is -0.362. The zero-order chi connectivity index (χ0) is 16.5. The molecule has 0 spiro atoms. The van der Waals surface area contributed by atoms with Crippen LogP contribution in [0.3, 0.4) is 0 Å². The first-order valence-electron chi connectivity index (χ1n) is 7.24. The molecule has 5 nitrogen and oxygen atoms in total. The number of benzene rings is 2. The molecule has 0 aromatic heterocycles. The minimum Gasteiger partial charge on any atom is -0.489 e. The van der Waals surface area contributed by atoms with Crippen molar-refractivity contribution in [2.75, 3.05) is 7.11 Å². The van der Waals surface area contributed by atoms with Crippen molar-refractivity contribution >= 4 is 12.2 Å². The van der Waals surface area contributed by atoms with E-state index < -0.39 is 0 Å². The van der Waals surface area contributed by atoms with Crippen LogP contribution in [0.4, 0.5) is 0 Å². The Bertz CT molecular complexity index is 638. The van der Waals surface area contributed by atoms with Gasteiger partial charge in [0.1, 0.15) is 12.4 Å². The number of rotatable bonds is 7. The first kappa shape index (κ1) is 16.5. The van der Waals surface area contributed by atoms with Crippen LogP contribution >= 0.6 is 0 Å². The molecule has 0 aliphatic rings. The Morgan fingerprint density at radius 1 is 1.17 bits per heavy atom. The molecular formula is C18H19NO4. The van der Waals surface area contributed by atoms with Crippen molar-refractivity contribution in [1.82, 2.24) is 0 Å². The lowest BCUT2D eigenvalue weighted by Crippen LogP contribution is -2.10. The third-order valence-corrected chi connectivity index (χ3v) is 3.42. The van der Waals surface area contributed by atoms with Gasteiger partial charge in [0.15, 0.2) is 0 Å². The third kappa shape index (κ3) is 5.14. The molecule has 120 valence electrons. The number of carbonyl (C=O) groups excluding carboxylic acids is 1. The minimum absolute atomic E-state index is 0.116. The molecule has 2 aromatic rings. The number of nitrogens with zero attached hydrogens (tertiary/aromatic N) is 1. The van der Waals surface area contributed by atoms with Crippen molar-refractivity contribution in [3.8, 4) is 5.75 Å². The van der Waals surface area contributed by atoms with Crippen LogP contribution in [-0.4, -0.2) is 24.5 Å². The van der Waals surface area contributed by atoms with Crippen molar-refractivity contribution in [3.05, 3.63) is 65.7 Å². The maximum atomic E-state index is 11.4. The van der Waals surface area contributed by atoms with E-state index in [2.05, 4.69) is 9.89 Å². The number of oxime groups is 1. The number of ether oxygens (including phenoxy) is 2. The monoisotopic (exact) mass is 313 g/mol. The first-order chi connectivity index (χ1) is 11.2. The summed E-state index contributed by atoms with van der Waals surface area (Å²) in [7, 11) is 1.33. The summed E-state index contributed by atoms with van der Waals surface area (Å²) >= 11 is 0. The summed E-state index contributed by atoms with van der Waals surface area (Å²) in [6, 6.07) is 17.2. The SMILES string of the molecule is COC(=O)C[C@H](C=NO)c1ccc(OCc2ccccc2)cc1. The fourth-order valence-electron chi connectivity index (χ4n) is 2.15. The highest BCUT2D eigenvalue weighted by atomic mass is 16.5. The molecule has 0 heterocycles. The van der Waals surface area contributed by atoms with Gasteiger partial charge in [-0.15, -0.1) is 5.16 Å². The molecule has 0 fully saturated rings. The second kappa shape index (κ2) is 8.58. The molecule has 0 amide bonds. The lowest BCUT2D eigenvalue weighted by molar-refractivity contribution is -0.140. The Kier molecular flexibility index (Phi) is 6.17. The molecule has 0 radical (unpaired) electrons. The standard InChI is InChI=1S/C18H19NO4/c1-22-18(20)11-16(12-19-21)15-7-9-17(10-8-15)23-13-14-5-3-2-4-6-14/h2-10,12,16,21H,11,13H2,1H3/t16-/m1/s1. The lowest BCUT2D eigenvalue weighted by Gasteiger charge is -2.12. The molecule has 2 rings (SSSR count). The van der Waals surface area contributed by atoms with Crippen LogP contribution in [0.1, 0.15) is 23.5 Å². The zero-order valence-corrected chi connectivity index (χ0v) is 12.9. The van der Waals surface area contributed by atoms with E-state index >= 15 is 0 Å². The molecule has 0 aliphatic carbocycles. The van der Waals surface area contributed by atoms with Gasteiger partial charge in [-0.2, -0.15) is 0 Å². The van der Waals surface area contributed by atoms with Gasteiger partial charge in [0, 0.05) is 5.92 Å². The van der Waals surface area contributed by atoms with Crippen LogP contribution < -0.4 is 4.74 Å². The summed E-state index contributed by atoms with van der Waals surface area (Å²) in [4.78, 5) is 11.4. The van der Waals surface area contributed by atoms with Crippen LogP contribution in [-0.2, 0) is 16.1 Å². The predicted octanol–water partition coefficient (Wildman–Crippen LogP) is 3.37. The van der Waals surface area contributed by atoms with Crippen molar-refractivity contribution in [3.63, 3.8) is 0 Å². The van der Waals surface area contributed by atoms with Gasteiger partial charge < -0.3 is 14.7 Å². The van der Waals surface area contributed by atoms with E-state index in [1.54, 1.807) is 0 Å². The normalized spacial score (nSPS) is 12.0. The molecule has 0 saturated heterocycles. The van der Waals surface area contributed by atoms with Gasteiger partial charge in [0.05, 0.1) is 19.7 Å². The maximum Gasteiger partial charge on any atom is 0.306 e. The maximum absolute atomic E-state index is 11.4. The average Bonchev–Trinajstić information content (AvgIpc) is 2.61. The Hall–Kier alpha value is -2.82. The molecule has 1 atom stereocenters. The highest BCUT2D eigenvalue weighted by molar-refractivity contribution is 5.78. The van der Waals surface area contributed by atoms with E-state index in [-0.39, 0.29) is 18.3 Å². The number of carbonyl (C=O) groups is 1. The van der Waals surface area contributed by atoms with Crippen molar-refractivity contribution in [2.24, 2.45) is 5.16 Å². The van der Waals surface area contributed by atoms with Crippen LogP contribution in [0.25, 0.3) is 0 Å². The van der Waals surface area contributed by atoms with E-state index in [0.717, 1.165) is 16.9 Å². The fraction of sp³-hybridized carbons (Fsp3) is 0.222. The molecule has 0 saturated carbocycles. The van der Waals surface area contributed by atoms with Crippen molar-refractivity contribution in [1.29, 1.82) is 0 Å². The lowest BCUT2D eigenvalue weighted by atomic mass is 9.97. The zero-order valence-electron chi connectivity index (χ0n) is 12.9. The van der Waals surface area contributed by atoms with Gasteiger partial charge in [-0.25, -0.2) is 0 Å². The van der Waals surface area contributed by atoms with Crippen LogP contribution in [0.5, 0.6) is 5.75 Å². The molecule has 0 aliphatic heterocycles. The largest absolute Gasteiger partial charge is 0.489 e. The predicted molar refractivity (Wildman–Crippen MR) is 86.9 cm³/mol. The van der Waals surface area contributed by atoms with Gasteiger partial charge in [-0.05, 0) is 23.3 Å². The van der Waals surface area contributed by atoms with Gasteiger partial charge in [-0.3, -0.25) is 4.79 Å². The molecule has 0 bridgehead atoms. The second-order valence-electron chi connectivity index (χ2n) is 4.99. The Morgan fingerprint density at radius 3 is 2.48 bits per heavy atom. The molecule has 1 N–H and O–H groups in total. The summed E-state index contributed by atoms with van der Waals surface area (Å²) in [5.74, 6) is 0.0327. The van der Waals surface area contributed by atoms with Gasteiger partial charge in [0.25, 0.3) is 0 Å². The number of hydrogen-bond acceptors (Lipinski definition) is 5. The Morgan fingerprint density at radius 2 is 1.87 bits per heavy atom. The Labute approximate surface area is 135 Å². The van der Waals surface area contributed by atoms with Gasteiger partial charge >= 0.3 is 5.97 Å². The van der Waals surface area contributed by atoms with E-state index in [1.807, 2.05) is 54.6 Å². The first-order valence-corrected chi connectivity index (χ1v) is 7.24. The van der Waals surface area contributed by atoms with E-state index in [9.17, 15) is 4.79 Å². The van der Waals surface area contributed by atoms with E-state index in [0.29, 0.717) is 6.61 Å². The fourth-order valence-corrected chi connectivity index (χ4v) is 2.15. The van der Waals surface area contributed by atoms with Gasteiger partial charge in [-0.1, -0.05) is 42.5 Å². The van der Waals surface area contributed by atoms with Crippen LogP contribution in [0, 0.1) is 0 Å². The molecule has 23 heavy (non-hydrogen) atoms. The third-order valence-electron chi connectivity index (χ3n) is 3.42. The molecular weight excluding hydrogens is 294 g/mol. The quantitative estimate of drug-likeness (QED) is 0.368. The topological polar surface area (TPSA) is 68.1 Å². The highest BCUT2D eigenvalue weighted by Crippen LogP contribution is 2.22. The number of methoxy groups -OCH3 is 1.